The summed E-state index contributed by atoms with van der Waals surface area (Å²) in [5.41, 5.74) is 2.99. The molecule has 1 N–H and O–H groups in total. The third-order valence-corrected chi connectivity index (χ3v) is 5.62. The van der Waals surface area contributed by atoms with E-state index < -0.39 is 6.04 Å². The Morgan fingerprint density at radius 2 is 1.82 bits per heavy atom. The van der Waals surface area contributed by atoms with Crippen LogP contribution in [0, 0.1) is 5.82 Å². The molecule has 1 atom stereocenters. The van der Waals surface area contributed by atoms with Gasteiger partial charge in [-0.1, -0.05) is 42.5 Å². The summed E-state index contributed by atoms with van der Waals surface area (Å²) in [5.74, 6) is -0.477. The Hall–Kier alpha value is -2.73. The number of fused-ring (bicyclic) bond motifs is 1. The predicted molar refractivity (Wildman–Crippen MR) is 104 cm³/mol. The van der Waals surface area contributed by atoms with Crippen molar-refractivity contribution in [2.24, 2.45) is 0 Å². The lowest BCUT2D eigenvalue weighted by Gasteiger charge is -2.36. The van der Waals surface area contributed by atoms with E-state index in [0.29, 0.717) is 38.3 Å². The van der Waals surface area contributed by atoms with Crippen molar-refractivity contribution in [1.29, 1.82) is 0 Å². The molecule has 2 aliphatic heterocycles. The molecule has 0 aromatic heterocycles. The zero-order valence-electron chi connectivity index (χ0n) is 15.7. The van der Waals surface area contributed by atoms with E-state index in [1.54, 1.807) is 18.2 Å². The molecule has 2 heterocycles. The maximum absolute atomic E-state index is 14.1. The summed E-state index contributed by atoms with van der Waals surface area (Å²) < 4.78 is 14.1. The van der Waals surface area contributed by atoms with Crippen molar-refractivity contribution in [3.05, 3.63) is 71.0 Å². The van der Waals surface area contributed by atoms with Gasteiger partial charge in [0.15, 0.2) is 0 Å². The van der Waals surface area contributed by atoms with Crippen LogP contribution in [0.4, 0.5) is 4.39 Å². The minimum absolute atomic E-state index is 0.0323. The summed E-state index contributed by atoms with van der Waals surface area (Å²) in [4.78, 5) is 29.1. The van der Waals surface area contributed by atoms with Gasteiger partial charge in [0.05, 0.1) is 12.5 Å². The van der Waals surface area contributed by atoms with Crippen LogP contribution < -0.4 is 5.32 Å². The molecule has 1 fully saturated rings. The maximum atomic E-state index is 14.1. The van der Waals surface area contributed by atoms with Crippen LogP contribution in [0.5, 0.6) is 0 Å². The summed E-state index contributed by atoms with van der Waals surface area (Å²) in [6, 6.07) is 14.2. The second kappa shape index (κ2) is 8.10. The molecule has 2 aromatic carbocycles. The zero-order chi connectivity index (χ0) is 19.5. The van der Waals surface area contributed by atoms with Crippen molar-refractivity contribution in [2.45, 2.75) is 32.0 Å². The molecular formula is C22H24FN3O2. The fraction of sp³-hybridized carbons (Fsp3) is 0.364. The van der Waals surface area contributed by atoms with Gasteiger partial charge in [0.2, 0.25) is 11.8 Å². The van der Waals surface area contributed by atoms with Crippen LogP contribution >= 0.6 is 0 Å². The first-order chi connectivity index (χ1) is 13.6. The standard InChI is InChI=1S/C22H24FN3O2/c23-19-8-4-3-7-18(19)15-25-12-10-24-22(28)20(25)13-21(27)26-11-9-16-5-1-2-6-17(16)14-26/h1-8,20H,9-15H2,(H,24,28). The van der Waals surface area contributed by atoms with Crippen molar-refractivity contribution in [3.63, 3.8) is 0 Å². The van der Waals surface area contributed by atoms with Crippen molar-refractivity contribution in [2.75, 3.05) is 19.6 Å². The van der Waals surface area contributed by atoms with Gasteiger partial charge in [-0.25, -0.2) is 4.39 Å². The highest BCUT2D eigenvalue weighted by molar-refractivity contribution is 5.89. The molecule has 0 aliphatic carbocycles. The van der Waals surface area contributed by atoms with Crippen LogP contribution in [0.25, 0.3) is 0 Å². The first-order valence-electron chi connectivity index (χ1n) is 9.71. The highest BCUT2D eigenvalue weighted by Gasteiger charge is 2.33. The summed E-state index contributed by atoms with van der Waals surface area (Å²) in [7, 11) is 0. The second-order valence-corrected chi connectivity index (χ2v) is 7.41. The molecule has 0 radical (unpaired) electrons. The largest absolute Gasteiger partial charge is 0.353 e. The Labute approximate surface area is 164 Å². The Kier molecular flexibility index (Phi) is 5.39. The van der Waals surface area contributed by atoms with Crippen molar-refractivity contribution in [1.82, 2.24) is 15.1 Å². The van der Waals surface area contributed by atoms with E-state index in [1.807, 2.05) is 28.0 Å². The number of rotatable bonds is 4. The second-order valence-electron chi connectivity index (χ2n) is 7.41. The van der Waals surface area contributed by atoms with E-state index in [0.717, 1.165) is 6.42 Å². The van der Waals surface area contributed by atoms with Gasteiger partial charge < -0.3 is 10.2 Å². The highest BCUT2D eigenvalue weighted by atomic mass is 19.1. The minimum Gasteiger partial charge on any atom is -0.353 e. The maximum Gasteiger partial charge on any atom is 0.237 e. The number of nitrogens with zero attached hydrogens (tertiary/aromatic N) is 2. The summed E-state index contributed by atoms with van der Waals surface area (Å²) >= 11 is 0. The van der Waals surface area contributed by atoms with Crippen LogP contribution in [0.3, 0.4) is 0 Å². The van der Waals surface area contributed by atoms with Gasteiger partial charge in [0.25, 0.3) is 0 Å². The van der Waals surface area contributed by atoms with Crippen LogP contribution in [0.2, 0.25) is 0 Å². The number of carbonyl (C=O) groups excluding carboxylic acids is 2. The summed E-state index contributed by atoms with van der Waals surface area (Å²) in [5, 5.41) is 2.84. The van der Waals surface area contributed by atoms with Crippen molar-refractivity contribution < 1.29 is 14.0 Å². The number of amides is 2. The van der Waals surface area contributed by atoms with Gasteiger partial charge in [-0.05, 0) is 23.6 Å². The van der Waals surface area contributed by atoms with Gasteiger partial charge in [-0.15, -0.1) is 0 Å². The van der Waals surface area contributed by atoms with E-state index in [1.165, 1.54) is 17.2 Å². The lowest BCUT2D eigenvalue weighted by molar-refractivity contribution is -0.139. The van der Waals surface area contributed by atoms with Gasteiger partial charge in [-0.2, -0.15) is 0 Å². The molecule has 6 heteroatoms. The number of carbonyl (C=O) groups is 2. The fourth-order valence-electron chi connectivity index (χ4n) is 4.02. The van der Waals surface area contributed by atoms with Crippen LogP contribution in [-0.4, -0.2) is 47.3 Å². The minimum atomic E-state index is -0.571. The van der Waals surface area contributed by atoms with Gasteiger partial charge in [0, 0.05) is 38.3 Å². The molecular weight excluding hydrogens is 357 g/mol. The average molecular weight is 381 g/mol. The van der Waals surface area contributed by atoms with Crippen LogP contribution in [0.15, 0.2) is 48.5 Å². The van der Waals surface area contributed by atoms with Crippen LogP contribution in [-0.2, 0) is 29.1 Å². The Bertz CT molecular complexity index is 886. The normalized spacial score (nSPS) is 19.8. The first kappa shape index (κ1) is 18.6. The van der Waals surface area contributed by atoms with Gasteiger partial charge in [-0.3, -0.25) is 14.5 Å². The molecule has 1 unspecified atom stereocenters. The fourth-order valence-corrected chi connectivity index (χ4v) is 4.02. The summed E-state index contributed by atoms with van der Waals surface area (Å²) in [6.45, 7) is 2.67. The third-order valence-electron chi connectivity index (χ3n) is 5.62. The monoisotopic (exact) mass is 381 g/mol. The molecule has 1 saturated heterocycles. The SMILES string of the molecule is O=C1NCCN(Cc2ccccc2F)C1CC(=O)N1CCc2ccccc2C1. The lowest BCUT2D eigenvalue weighted by atomic mass is 9.99. The smallest absolute Gasteiger partial charge is 0.237 e. The number of hydrogen-bond donors (Lipinski definition) is 1. The first-order valence-corrected chi connectivity index (χ1v) is 9.71. The molecule has 146 valence electrons. The van der Waals surface area contributed by atoms with Gasteiger partial charge >= 0.3 is 0 Å². The molecule has 4 rings (SSSR count). The molecule has 0 bridgehead atoms. The molecule has 2 amide bonds. The Balaban J connectivity index is 1.46. The van der Waals surface area contributed by atoms with Crippen molar-refractivity contribution in [3.8, 4) is 0 Å². The van der Waals surface area contributed by atoms with Gasteiger partial charge in [0.1, 0.15) is 5.82 Å². The zero-order valence-corrected chi connectivity index (χ0v) is 15.7. The topological polar surface area (TPSA) is 52.7 Å². The van der Waals surface area contributed by atoms with E-state index in [4.69, 9.17) is 0 Å². The molecule has 2 aliphatic rings. The van der Waals surface area contributed by atoms with Crippen LogP contribution in [0.1, 0.15) is 23.1 Å². The number of piperazine rings is 1. The molecule has 28 heavy (non-hydrogen) atoms. The average Bonchev–Trinajstić information content (AvgIpc) is 2.71. The van der Waals surface area contributed by atoms with E-state index in [2.05, 4.69) is 11.4 Å². The molecule has 2 aromatic rings. The predicted octanol–water partition coefficient (Wildman–Crippen LogP) is 2.10. The van der Waals surface area contributed by atoms with E-state index in [9.17, 15) is 14.0 Å². The van der Waals surface area contributed by atoms with E-state index in [-0.39, 0.29) is 24.1 Å². The number of hydrogen-bond acceptors (Lipinski definition) is 3. The third kappa shape index (κ3) is 3.92. The highest BCUT2D eigenvalue weighted by Crippen LogP contribution is 2.21. The van der Waals surface area contributed by atoms with E-state index >= 15 is 0 Å². The number of halogens is 1. The summed E-state index contributed by atoms with van der Waals surface area (Å²) in [6.07, 6.45) is 0.945. The quantitative estimate of drug-likeness (QED) is 0.883. The Morgan fingerprint density at radius 1 is 1.07 bits per heavy atom. The lowest BCUT2D eigenvalue weighted by Crippen LogP contribution is -2.56. The Morgan fingerprint density at radius 3 is 2.64 bits per heavy atom. The molecule has 0 saturated carbocycles. The number of nitrogens with one attached hydrogen (secondary N) is 1. The molecule has 5 nitrogen and oxygen atoms in total. The number of benzene rings is 2. The van der Waals surface area contributed by atoms with Crippen molar-refractivity contribution >= 4 is 11.8 Å². The molecule has 0 spiro atoms.